The second kappa shape index (κ2) is 8.28. The summed E-state index contributed by atoms with van der Waals surface area (Å²) < 4.78 is 57.5. The number of methoxy groups -OCH3 is 1. The molecule has 2 aromatic rings. The number of Topliss-reactive ketones (excluding diaryl/α,β-unsaturated/α-hetero) is 2. The van der Waals surface area contributed by atoms with Gasteiger partial charge in [0.25, 0.3) is 0 Å². The summed E-state index contributed by atoms with van der Waals surface area (Å²) >= 11 is 0. The third kappa shape index (κ3) is 3.45. The van der Waals surface area contributed by atoms with Gasteiger partial charge in [0.1, 0.15) is 11.7 Å². The van der Waals surface area contributed by atoms with E-state index in [0.717, 1.165) is 0 Å². The van der Waals surface area contributed by atoms with Crippen molar-refractivity contribution in [3.8, 4) is 5.75 Å². The van der Waals surface area contributed by atoms with Gasteiger partial charge in [0.2, 0.25) is 5.78 Å². The first-order valence-electron chi connectivity index (χ1n) is 10.3. The van der Waals surface area contributed by atoms with Crippen molar-refractivity contribution < 1.29 is 46.9 Å². The van der Waals surface area contributed by atoms with Crippen LogP contribution in [0, 0.1) is 5.92 Å². The maximum Gasteiger partial charge on any atom is 0.456 e. The highest BCUT2D eigenvalue weighted by Gasteiger charge is 2.70. The lowest BCUT2D eigenvalue weighted by Gasteiger charge is -2.45. The SMILES string of the molecule is CCOC(=O)[C@@H]1[C@@H](c2ccc(OC)cc2)C2=C(O[C@@]1(O)C(F)(F)F)C(=O)c1ccccc1C2=O. The summed E-state index contributed by atoms with van der Waals surface area (Å²) in [7, 11) is 1.38. The molecule has 1 aliphatic heterocycles. The maximum atomic E-state index is 14.2. The topological polar surface area (TPSA) is 99.1 Å². The molecule has 0 spiro atoms. The van der Waals surface area contributed by atoms with Gasteiger partial charge in [-0.1, -0.05) is 36.4 Å². The molecule has 0 unspecified atom stereocenters. The minimum Gasteiger partial charge on any atom is -0.497 e. The van der Waals surface area contributed by atoms with E-state index in [-0.39, 0.29) is 23.3 Å². The number of halogens is 3. The average Bonchev–Trinajstić information content (AvgIpc) is 2.81. The number of ether oxygens (including phenoxy) is 3. The lowest BCUT2D eigenvalue weighted by Crippen LogP contribution is -2.61. The van der Waals surface area contributed by atoms with Crippen LogP contribution in [0.1, 0.15) is 39.1 Å². The number of ketones is 2. The summed E-state index contributed by atoms with van der Waals surface area (Å²) in [5.74, 6) is -12.1. The number of benzene rings is 2. The summed E-state index contributed by atoms with van der Waals surface area (Å²) in [6, 6.07) is 11.1. The third-order valence-corrected chi connectivity index (χ3v) is 5.86. The third-order valence-electron chi connectivity index (χ3n) is 5.86. The second-order valence-corrected chi connectivity index (χ2v) is 7.72. The normalized spacial score (nSPS) is 24.2. The molecule has 1 aliphatic carbocycles. The Morgan fingerprint density at radius 1 is 1.06 bits per heavy atom. The average molecular weight is 476 g/mol. The van der Waals surface area contributed by atoms with Crippen molar-refractivity contribution in [3.05, 3.63) is 76.6 Å². The highest BCUT2D eigenvalue weighted by atomic mass is 19.4. The zero-order valence-electron chi connectivity index (χ0n) is 18.0. The van der Waals surface area contributed by atoms with Crippen molar-refractivity contribution in [1.29, 1.82) is 0 Å². The molecular weight excluding hydrogens is 457 g/mol. The molecule has 3 atom stereocenters. The Hall–Kier alpha value is -3.66. The van der Waals surface area contributed by atoms with Crippen LogP contribution in [0.3, 0.4) is 0 Å². The van der Waals surface area contributed by atoms with Crippen LogP contribution in [0.4, 0.5) is 13.2 Å². The quantitative estimate of drug-likeness (QED) is 0.674. The standard InChI is InChI=1S/C24H19F3O7/c1-3-33-22(30)18-16(12-8-10-13(32-2)11-9-12)17-19(28)14-6-4-5-7-15(14)20(29)21(17)34-23(18,31)24(25,26)27/h4-11,16,18,31H,3H2,1-2H3/t16-,18-,23+/m0/s1. The lowest BCUT2D eigenvalue weighted by atomic mass is 9.69. The smallest absolute Gasteiger partial charge is 0.456 e. The maximum absolute atomic E-state index is 14.2. The zero-order chi connectivity index (χ0) is 24.8. The van der Waals surface area contributed by atoms with Gasteiger partial charge < -0.3 is 19.3 Å². The van der Waals surface area contributed by atoms with E-state index >= 15 is 0 Å². The van der Waals surface area contributed by atoms with Crippen molar-refractivity contribution in [2.45, 2.75) is 24.8 Å². The van der Waals surface area contributed by atoms with E-state index in [1.54, 1.807) is 0 Å². The molecule has 0 aromatic heterocycles. The van der Waals surface area contributed by atoms with Crippen LogP contribution < -0.4 is 4.74 Å². The van der Waals surface area contributed by atoms with Gasteiger partial charge >= 0.3 is 17.9 Å². The molecule has 178 valence electrons. The summed E-state index contributed by atoms with van der Waals surface area (Å²) in [4.78, 5) is 39.5. The minimum absolute atomic E-state index is 0.0478. The first-order chi connectivity index (χ1) is 16.0. The van der Waals surface area contributed by atoms with Gasteiger partial charge in [0, 0.05) is 17.0 Å². The van der Waals surface area contributed by atoms with E-state index < -0.39 is 52.7 Å². The van der Waals surface area contributed by atoms with Gasteiger partial charge in [-0.25, -0.2) is 0 Å². The van der Waals surface area contributed by atoms with Crippen molar-refractivity contribution in [1.82, 2.24) is 0 Å². The van der Waals surface area contributed by atoms with E-state index in [1.165, 1.54) is 62.6 Å². The highest BCUT2D eigenvalue weighted by Crippen LogP contribution is 2.54. The molecule has 4 rings (SSSR count). The number of rotatable bonds is 4. The highest BCUT2D eigenvalue weighted by molar-refractivity contribution is 6.27. The Morgan fingerprint density at radius 3 is 2.18 bits per heavy atom. The molecule has 2 aromatic carbocycles. The predicted octanol–water partition coefficient (Wildman–Crippen LogP) is 3.57. The molecule has 0 bridgehead atoms. The van der Waals surface area contributed by atoms with E-state index in [2.05, 4.69) is 0 Å². The molecule has 0 radical (unpaired) electrons. The molecule has 2 aliphatic rings. The fourth-order valence-corrected chi connectivity index (χ4v) is 4.30. The van der Waals surface area contributed by atoms with Gasteiger partial charge in [-0.3, -0.25) is 14.4 Å². The molecule has 1 N–H and O–H groups in total. The summed E-state index contributed by atoms with van der Waals surface area (Å²) in [6.45, 7) is 1.09. The molecule has 0 saturated carbocycles. The first-order valence-corrected chi connectivity index (χ1v) is 10.3. The molecule has 7 nitrogen and oxygen atoms in total. The van der Waals surface area contributed by atoms with Crippen molar-refractivity contribution in [3.63, 3.8) is 0 Å². The van der Waals surface area contributed by atoms with Crippen LogP contribution in [0.2, 0.25) is 0 Å². The molecular formula is C24H19F3O7. The Labute approximate surface area is 191 Å². The van der Waals surface area contributed by atoms with E-state index in [9.17, 15) is 32.7 Å². The molecule has 0 fully saturated rings. The summed E-state index contributed by atoms with van der Waals surface area (Å²) in [6.07, 6.45) is -5.52. The Balaban J connectivity index is 2.03. The fourth-order valence-electron chi connectivity index (χ4n) is 4.30. The van der Waals surface area contributed by atoms with Crippen LogP contribution in [-0.2, 0) is 14.3 Å². The number of aliphatic hydroxyl groups is 1. The molecule has 1 heterocycles. The monoisotopic (exact) mass is 476 g/mol. The Bertz CT molecular complexity index is 1200. The van der Waals surface area contributed by atoms with Crippen LogP contribution in [0.15, 0.2) is 59.9 Å². The Morgan fingerprint density at radius 2 is 1.65 bits per heavy atom. The van der Waals surface area contributed by atoms with Gasteiger partial charge in [0.15, 0.2) is 11.5 Å². The fraction of sp³-hybridized carbons (Fsp3) is 0.292. The first kappa shape index (κ1) is 23.5. The second-order valence-electron chi connectivity index (χ2n) is 7.72. The van der Waals surface area contributed by atoms with E-state index in [4.69, 9.17) is 14.2 Å². The minimum atomic E-state index is -5.52. The molecule has 0 saturated heterocycles. The summed E-state index contributed by atoms with van der Waals surface area (Å²) in [5.41, 5.74) is -0.619. The number of hydrogen-bond donors (Lipinski definition) is 1. The Kier molecular flexibility index (Phi) is 5.72. The number of allylic oxidation sites excluding steroid dienone is 2. The van der Waals surface area contributed by atoms with Gasteiger partial charge in [-0.2, -0.15) is 13.2 Å². The number of hydrogen-bond acceptors (Lipinski definition) is 7. The molecule has 34 heavy (non-hydrogen) atoms. The number of fused-ring (bicyclic) bond motifs is 1. The number of carbonyl (C=O) groups is 3. The van der Waals surface area contributed by atoms with Crippen LogP contribution in [0.25, 0.3) is 0 Å². The lowest BCUT2D eigenvalue weighted by molar-refractivity contribution is -0.375. The van der Waals surface area contributed by atoms with E-state index in [0.29, 0.717) is 5.75 Å². The number of esters is 1. The zero-order valence-corrected chi connectivity index (χ0v) is 18.0. The number of alkyl halides is 3. The van der Waals surface area contributed by atoms with Crippen molar-refractivity contribution in [2.24, 2.45) is 5.92 Å². The van der Waals surface area contributed by atoms with Gasteiger partial charge in [-0.05, 0) is 24.6 Å². The van der Waals surface area contributed by atoms with Crippen molar-refractivity contribution in [2.75, 3.05) is 13.7 Å². The van der Waals surface area contributed by atoms with Crippen LogP contribution >= 0.6 is 0 Å². The van der Waals surface area contributed by atoms with Crippen LogP contribution in [-0.4, -0.2) is 48.3 Å². The number of carbonyl (C=O) groups excluding carboxylic acids is 3. The van der Waals surface area contributed by atoms with E-state index in [1.807, 2.05) is 0 Å². The van der Waals surface area contributed by atoms with Gasteiger partial charge in [0.05, 0.1) is 19.3 Å². The van der Waals surface area contributed by atoms with Crippen molar-refractivity contribution >= 4 is 17.5 Å². The predicted molar refractivity (Wildman–Crippen MR) is 110 cm³/mol. The van der Waals surface area contributed by atoms with Crippen LogP contribution in [0.5, 0.6) is 5.75 Å². The molecule has 10 heteroatoms. The molecule has 0 amide bonds. The largest absolute Gasteiger partial charge is 0.497 e. The summed E-state index contributed by atoms with van der Waals surface area (Å²) in [5, 5.41) is 10.8. The van der Waals surface area contributed by atoms with Gasteiger partial charge in [-0.15, -0.1) is 0 Å².